The molecule has 8 nitrogen and oxygen atoms in total. The molecular weight excluding hydrogens is 532 g/mol. The number of aliphatic hydroxyl groups excluding tert-OH is 1. The van der Waals surface area contributed by atoms with E-state index in [0.717, 1.165) is 16.8 Å². The molecule has 1 N–H and O–H groups in total. The summed E-state index contributed by atoms with van der Waals surface area (Å²) in [6.07, 6.45) is 4.58. The van der Waals surface area contributed by atoms with Gasteiger partial charge in [-0.2, -0.15) is 0 Å². The molecule has 3 aliphatic rings. The first-order valence-electron chi connectivity index (χ1n) is 14.7. The van der Waals surface area contributed by atoms with Crippen LogP contribution in [-0.4, -0.2) is 64.8 Å². The highest BCUT2D eigenvalue weighted by Gasteiger charge is 2.79. The van der Waals surface area contributed by atoms with Crippen molar-refractivity contribution in [3.63, 3.8) is 0 Å². The van der Waals surface area contributed by atoms with Crippen LogP contribution in [0.5, 0.6) is 0 Å². The van der Waals surface area contributed by atoms with Crippen molar-refractivity contribution in [2.24, 2.45) is 11.8 Å². The number of anilines is 1. The van der Waals surface area contributed by atoms with Gasteiger partial charge in [-0.15, -0.1) is 6.58 Å². The van der Waals surface area contributed by atoms with Crippen molar-refractivity contribution in [3.8, 4) is 0 Å². The van der Waals surface area contributed by atoms with E-state index in [-0.39, 0.29) is 25.0 Å². The SMILES string of the molecule is C=CCOC(=O)[C@@H]1[C@H]2C(=O)N([C@H](CO)c3ccccc3)C(C(=O)N(CC=C)c3c(C)cccc3C)C23CC[C@@]1(CC)O3. The molecule has 3 heterocycles. The van der Waals surface area contributed by atoms with Crippen molar-refractivity contribution < 1.29 is 29.0 Å². The molecule has 3 saturated heterocycles. The van der Waals surface area contributed by atoms with Gasteiger partial charge in [0.2, 0.25) is 5.91 Å². The number of ether oxygens (including phenoxy) is 2. The zero-order valence-electron chi connectivity index (χ0n) is 24.6. The predicted octanol–water partition coefficient (Wildman–Crippen LogP) is 4.44. The van der Waals surface area contributed by atoms with Gasteiger partial charge in [0.15, 0.2) is 0 Å². The van der Waals surface area contributed by atoms with Crippen LogP contribution in [0.4, 0.5) is 5.69 Å². The van der Waals surface area contributed by atoms with Crippen LogP contribution in [0.15, 0.2) is 73.8 Å². The number of aryl methyl sites for hydroxylation is 2. The van der Waals surface area contributed by atoms with Gasteiger partial charge in [0.1, 0.15) is 24.2 Å². The number of rotatable bonds is 11. The molecule has 1 spiro atoms. The van der Waals surface area contributed by atoms with E-state index in [2.05, 4.69) is 13.2 Å². The number of para-hydroxylation sites is 1. The van der Waals surface area contributed by atoms with E-state index in [9.17, 15) is 14.7 Å². The smallest absolute Gasteiger partial charge is 0.313 e. The molecule has 0 radical (unpaired) electrons. The Morgan fingerprint density at radius 2 is 1.81 bits per heavy atom. The Labute approximate surface area is 247 Å². The maximum atomic E-state index is 15.0. The van der Waals surface area contributed by atoms with Crippen molar-refractivity contribution >= 4 is 23.5 Å². The van der Waals surface area contributed by atoms with Crippen LogP contribution in [0, 0.1) is 25.7 Å². The highest BCUT2D eigenvalue weighted by atomic mass is 16.6. The fraction of sp³-hybridized carbons (Fsp3) is 0.441. The molecule has 8 heteroatoms. The standard InChI is InChI=1S/C34H40N2O6/c1-6-19-35(28-22(4)13-12-14-23(28)5)31(39)29-34-18-17-33(8-3,42-34)27(32(40)41-20-7-2)26(34)30(38)36(29)25(21-37)24-15-10-9-11-16-24/h6-7,9-16,25-27,29,37H,1-2,8,17-21H2,3-5H3/t25-,26+,27+,29?,33-,34?/m1/s1. The zero-order chi connectivity index (χ0) is 30.2. The number of esters is 1. The first-order valence-corrected chi connectivity index (χ1v) is 14.7. The van der Waals surface area contributed by atoms with Crippen molar-refractivity contribution in [1.82, 2.24) is 4.90 Å². The molecule has 2 unspecified atom stereocenters. The summed E-state index contributed by atoms with van der Waals surface area (Å²) in [4.78, 5) is 46.4. The monoisotopic (exact) mass is 572 g/mol. The minimum absolute atomic E-state index is 0.0120. The third-order valence-corrected chi connectivity index (χ3v) is 9.43. The number of hydrogen-bond acceptors (Lipinski definition) is 6. The van der Waals surface area contributed by atoms with Gasteiger partial charge < -0.3 is 24.4 Å². The summed E-state index contributed by atoms with van der Waals surface area (Å²) < 4.78 is 12.4. The van der Waals surface area contributed by atoms with Crippen molar-refractivity contribution in [2.45, 2.75) is 63.3 Å². The van der Waals surface area contributed by atoms with E-state index in [1.165, 1.54) is 11.0 Å². The lowest BCUT2D eigenvalue weighted by Crippen LogP contribution is -2.57. The summed E-state index contributed by atoms with van der Waals surface area (Å²) in [5.41, 5.74) is 1.06. The lowest BCUT2D eigenvalue weighted by molar-refractivity contribution is -0.161. The van der Waals surface area contributed by atoms with Crippen LogP contribution >= 0.6 is 0 Å². The molecule has 2 aromatic carbocycles. The average Bonchev–Trinajstić information content (AvgIpc) is 3.60. The van der Waals surface area contributed by atoms with E-state index in [0.29, 0.717) is 24.8 Å². The Morgan fingerprint density at radius 1 is 1.12 bits per heavy atom. The normalized spacial score (nSPS) is 28.3. The first-order chi connectivity index (χ1) is 20.2. The zero-order valence-corrected chi connectivity index (χ0v) is 24.6. The Hall–Kier alpha value is -3.75. The van der Waals surface area contributed by atoms with Crippen LogP contribution in [0.25, 0.3) is 0 Å². The minimum Gasteiger partial charge on any atom is -0.461 e. The third kappa shape index (κ3) is 4.39. The molecule has 2 aromatic rings. The largest absolute Gasteiger partial charge is 0.461 e. The summed E-state index contributed by atoms with van der Waals surface area (Å²) in [7, 11) is 0. The molecular formula is C34H40N2O6. The van der Waals surface area contributed by atoms with E-state index < -0.39 is 47.7 Å². The topological polar surface area (TPSA) is 96.4 Å². The Morgan fingerprint density at radius 3 is 2.40 bits per heavy atom. The lowest BCUT2D eigenvalue weighted by atomic mass is 9.65. The summed E-state index contributed by atoms with van der Waals surface area (Å²) in [5.74, 6) is -3.05. The van der Waals surface area contributed by atoms with Gasteiger partial charge in [-0.05, 0) is 49.8 Å². The predicted molar refractivity (Wildman–Crippen MR) is 160 cm³/mol. The van der Waals surface area contributed by atoms with Crippen LogP contribution in [0.3, 0.4) is 0 Å². The summed E-state index contributed by atoms with van der Waals surface area (Å²) in [6, 6.07) is 13.1. The molecule has 3 aliphatic heterocycles. The average molecular weight is 573 g/mol. The number of likely N-dealkylation sites (tertiary alicyclic amines) is 1. The second kappa shape index (κ2) is 11.5. The van der Waals surface area contributed by atoms with Crippen LogP contribution in [0.2, 0.25) is 0 Å². The molecule has 0 aromatic heterocycles. The number of aliphatic hydroxyl groups is 1. The second-order valence-electron chi connectivity index (χ2n) is 11.6. The first kappa shape index (κ1) is 29.7. The number of amides is 2. The Kier molecular flexibility index (Phi) is 8.14. The van der Waals surface area contributed by atoms with Gasteiger partial charge in [0, 0.05) is 12.2 Å². The molecule has 42 heavy (non-hydrogen) atoms. The highest BCUT2D eigenvalue weighted by molar-refractivity contribution is 6.05. The molecule has 0 aliphatic carbocycles. The van der Waals surface area contributed by atoms with Crippen LogP contribution in [-0.2, 0) is 23.9 Å². The van der Waals surface area contributed by atoms with E-state index in [4.69, 9.17) is 9.47 Å². The highest BCUT2D eigenvalue weighted by Crippen LogP contribution is 2.65. The van der Waals surface area contributed by atoms with Gasteiger partial charge in [-0.25, -0.2) is 0 Å². The third-order valence-electron chi connectivity index (χ3n) is 9.43. The van der Waals surface area contributed by atoms with Gasteiger partial charge in [-0.1, -0.05) is 74.2 Å². The van der Waals surface area contributed by atoms with Gasteiger partial charge in [-0.3, -0.25) is 14.4 Å². The second-order valence-corrected chi connectivity index (χ2v) is 11.6. The van der Waals surface area contributed by atoms with Gasteiger partial charge in [0.25, 0.3) is 5.91 Å². The molecule has 3 fully saturated rings. The minimum atomic E-state index is -1.26. The number of hydrogen-bond donors (Lipinski definition) is 1. The fourth-order valence-electron chi connectivity index (χ4n) is 7.69. The molecule has 2 amide bonds. The van der Waals surface area contributed by atoms with Gasteiger partial charge in [0.05, 0.1) is 24.2 Å². The molecule has 6 atom stereocenters. The number of carbonyl (C=O) groups excluding carboxylic acids is 3. The summed E-state index contributed by atoms with van der Waals surface area (Å²) in [6.45, 7) is 13.2. The van der Waals surface area contributed by atoms with E-state index >= 15 is 4.79 Å². The van der Waals surface area contributed by atoms with Crippen molar-refractivity contribution in [1.29, 1.82) is 0 Å². The summed E-state index contributed by atoms with van der Waals surface area (Å²) >= 11 is 0. The maximum Gasteiger partial charge on any atom is 0.313 e. The van der Waals surface area contributed by atoms with E-state index in [1.54, 1.807) is 11.0 Å². The molecule has 2 bridgehead atoms. The lowest BCUT2D eigenvalue weighted by Gasteiger charge is -2.40. The van der Waals surface area contributed by atoms with Gasteiger partial charge >= 0.3 is 5.97 Å². The van der Waals surface area contributed by atoms with Crippen LogP contribution in [0.1, 0.15) is 48.9 Å². The fourth-order valence-corrected chi connectivity index (χ4v) is 7.69. The Bertz CT molecular complexity index is 1370. The van der Waals surface area contributed by atoms with Crippen molar-refractivity contribution in [2.75, 3.05) is 24.7 Å². The van der Waals surface area contributed by atoms with Crippen molar-refractivity contribution in [3.05, 3.63) is 90.5 Å². The van der Waals surface area contributed by atoms with Crippen LogP contribution < -0.4 is 4.90 Å². The number of carbonyl (C=O) groups is 3. The molecule has 0 saturated carbocycles. The molecule has 5 rings (SSSR count). The number of nitrogens with zero attached hydrogens (tertiary/aromatic N) is 2. The van der Waals surface area contributed by atoms with E-state index in [1.807, 2.05) is 69.3 Å². The summed E-state index contributed by atoms with van der Waals surface area (Å²) in [5, 5.41) is 10.7. The number of fused-ring (bicyclic) bond motifs is 1. The quantitative estimate of drug-likeness (QED) is 0.316. The molecule has 222 valence electrons. The Balaban J connectivity index is 1.70. The number of benzene rings is 2. The maximum absolute atomic E-state index is 15.0.